The summed E-state index contributed by atoms with van der Waals surface area (Å²) in [6.45, 7) is 1.95. The number of rotatable bonds is 14. The summed E-state index contributed by atoms with van der Waals surface area (Å²) in [4.78, 5) is 59.8. The van der Waals surface area contributed by atoms with Crippen molar-refractivity contribution in [2.75, 3.05) is 18.6 Å². The van der Waals surface area contributed by atoms with Gasteiger partial charge in [-0.3, -0.25) is 19.2 Å². The molecular formula is C19H32N4O8S. The summed E-state index contributed by atoms with van der Waals surface area (Å²) in [6, 6.07) is -4.35. The van der Waals surface area contributed by atoms with Gasteiger partial charge in [-0.2, -0.15) is 11.8 Å². The number of carbonyl (C=O) groups is 5. The fourth-order valence-corrected chi connectivity index (χ4v) is 3.60. The minimum Gasteiger partial charge on any atom is -0.481 e. The van der Waals surface area contributed by atoms with Crippen molar-refractivity contribution in [3.63, 3.8) is 0 Å². The highest BCUT2D eigenvalue weighted by molar-refractivity contribution is 7.98. The van der Waals surface area contributed by atoms with E-state index < -0.39 is 60.4 Å². The Labute approximate surface area is 190 Å². The van der Waals surface area contributed by atoms with Crippen LogP contribution in [-0.4, -0.2) is 93.8 Å². The average Bonchev–Trinajstić information content (AvgIpc) is 3.26. The largest absolute Gasteiger partial charge is 0.481 e. The van der Waals surface area contributed by atoms with E-state index in [1.807, 2.05) is 6.26 Å². The fraction of sp³-hybridized carbons (Fsp3) is 0.737. The van der Waals surface area contributed by atoms with E-state index in [1.165, 1.54) is 18.7 Å². The van der Waals surface area contributed by atoms with E-state index in [-0.39, 0.29) is 18.7 Å². The van der Waals surface area contributed by atoms with Gasteiger partial charge in [0.2, 0.25) is 17.7 Å². The molecule has 7 N–H and O–H groups in total. The Hall–Kier alpha value is -2.38. The van der Waals surface area contributed by atoms with Gasteiger partial charge >= 0.3 is 11.9 Å². The van der Waals surface area contributed by atoms with Gasteiger partial charge in [-0.15, -0.1) is 0 Å². The van der Waals surface area contributed by atoms with Crippen LogP contribution in [0.1, 0.15) is 39.0 Å². The molecule has 0 saturated carbocycles. The van der Waals surface area contributed by atoms with Gasteiger partial charge in [0.1, 0.15) is 18.1 Å². The molecule has 1 fully saturated rings. The number of carboxylic acid groups (broad SMARTS) is 2. The first-order valence-electron chi connectivity index (χ1n) is 10.3. The number of hydrogen-bond donors (Lipinski definition) is 7. The molecule has 0 aromatic rings. The second kappa shape index (κ2) is 13.9. The first-order chi connectivity index (χ1) is 15.1. The number of thioether (sulfide) groups is 1. The van der Waals surface area contributed by atoms with Crippen LogP contribution in [0.5, 0.6) is 0 Å². The number of carboxylic acids is 2. The lowest BCUT2D eigenvalue weighted by Crippen LogP contribution is -2.59. The van der Waals surface area contributed by atoms with Crippen LogP contribution in [0.15, 0.2) is 0 Å². The van der Waals surface area contributed by atoms with Crippen LogP contribution in [0.4, 0.5) is 0 Å². The number of aliphatic hydroxyl groups is 1. The van der Waals surface area contributed by atoms with Crippen LogP contribution < -0.4 is 21.3 Å². The Kier molecular flexibility index (Phi) is 12.0. The van der Waals surface area contributed by atoms with Crippen molar-refractivity contribution in [3.05, 3.63) is 0 Å². The maximum atomic E-state index is 12.8. The quantitative estimate of drug-likeness (QED) is 0.151. The summed E-state index contributed by atoms with van der Waals surface area (Å²) in [5, 5.41) is 38.2. The monoisotopic (exact) mass is 476 g/mol. The number of aliphatic carboxylic acids is 2. The van der Waals surface area contributed by atoms with Crippen molar-refractivity contribution in [2.45, 2.75) is 69.3 Å². The van der Waals surface area contributed by atoms with Crippen molar-refractivity contribution < 1.29 is 39.3 Å². The predicted octanol–water partition coefficient (Wildman–Crippen LogP) is -1.72. The topological polar surface area (TPSA) is 194 Å². The van der Waals surface area contributed by atoms with E-state index in [2.05, 4.69) is 21.3 Å². The molecule has 0 bridgehead atoms. The summed E-state index contributed by atoms with van der Waals surface area (Å²) < 4.78 is 0. The number of carbonyl (C=O) groups excluding carboxylic acids is 3. The van der Waals surface area contributed by atoms with Gasteiger partial charge in [0.15, 0.2) is 0 Å². The van der Waals surface area contributed by atoms with Gasteiger partial charge in [0.25, 0.3) is 0 Å². The maximum Gasteiger partial charge on any atom is 0.326 e. The van der Waals surface area contributed by atoms with Crippen LogP contribution in [0.25, 0.3) is 0 Å². The Morgan fingerprint density at radius 1 is 1.03 bits per heavy atom. The molecule has 5 unspecified atom stereocenters. The normalized spacial score (nSPS) is 19.3. The van der Waals surface area contributed by atoms with Crippen LogP contribution in [-0.2, 0) is 24.0 Å². The SMILES string of the molecule is CSCCC(NC(=O)C1CCCN1)C(=O)NC(C(=O)NC(CCC(=O)O)C(=O)O)C(C)O. The van der Waals surface area contributed by atoms with E-state index in [1.54, 1.807) is 0 Å². The molecule has 182 valence electrons. The Morgan fingerprint density at radius 2 is 1.72 bits per heavy atom. The molecular weight excluding hydrogens is 444 g/mol. The molecule has 1 saturated heterocycles. The molecule has 12 nitrogen and oxygen atoms in total. The molecule has 0 radical (unpaired) electrons. The van der Waals surface area contributed by atoms with Gasteiger partial charge < -0.3 is 36.6 Å². The first kappa shape index (κ1) is 27.7. The molecule has 0 spiro atoms. The molecule has 1 heterocycles. The molecule has 5 atom stereocenters. The third kappa shape index (κ3) is 9.40. The number of hydrogen-bond acceptors (Lipinski definition) is 8. The van der Waals surface area contributed by atoms with Crippen LogP contribution in [0, 0.1) is 0 Å². The Balaban J connectivity index is 2.84. The zero-order valence-corrected chi connectivity index (χ0v) is 18.9. The van der Waals surface area contributed by atoms with Gasteiger partial charge in [0, 0.05) is 6.42 Å². The second-order valence-electron chi connectivity index (χ2n) is 7.55. The molecule has 1 rings (SSSR count). The summed E-state index contributed by atoms with van der Waals surface area (Å²) >= 11 is 1.47. The summed E-state index contributed by atoms with van der Waals surface area (Å²) in [6.07, 6.45) is 1.39. The van der Waals surface area contributed by atoms with Crippen molar-refractivity contribution >= 4 is 41.4 Å². The van der Waals surface area contributed by atoms with E-state index >= 15 is 0 Å². The lowest BCUT2D eigenvalue weighted by atomic mass is 10.1. The fourth-order valence-electron chi connectivity index (χ4n) is 3.13. The highest BCUT2D eigenvalue weighted by atomic mass is 32.2. The van der Waals surface area contributed by atoms with E-state index in [4.69, 9.17) is 5.11 Å². The van der Waals surface area contributed by atoms with Crippen LogP contribution in [0.3, 0.4) is 0 Å². The van der Waals surface area contributed by atoms with Gasteiger partial charge in [-0.05, 0) is 51.2 Å². The number of nitrogens with one attached hydrogen (secondary N) is 4. The molecule has 0 aromatic heterocycles. The molecule has 3 amide bonds. The molecule has 1 aliphatic rings. The van der Waals surface area contributed by atoms with Crippen molar-refractivity contribution in [1.29, 1.82) is 0 Å². The third-order valence-electron chi connectivity index (χ3n) is 4.94. The van der Waals surface area contributed by atoms with Crippen molar-refractivity contribution in [2.24, 2.45) is 0 Å². The lowest BCUT2D eigenvalue weighted by molar-refractivity contribution is -0.144. The second-order valence-corrected chi connectivity index (χ2v) is 8.54. The zero-order valence-electron chi connectivity index (χ0n) is 18.1. The molecule has 1 aliphatic heterocycles. The van der Waals surface area contributed by atoms with Crippen molar-refractivity contribution in [3.8, 4) is 0 Å². The zero-order chi connectivity index (χ0) is 24.3. The Bertz CT molecular complexity index is 684. The van der Waals surface area contributed by atoms with Gasteiger partial charge in [0.05, 0.1) is 12.1 Å². The Morgan fingerprint density at radius 3 is 2.22 bits per heavy atom. The highest BCUT2D eigenvalue weighted by Gasteiger charge is 2.33. The average molecular weight is 477 g/mol. The number of amides is 3. The summed E-state index contributed by atoms with van der Waals surface area (Å²) in [7, 11) is 0. The van der Waals surface area contributed by atoms with Crippen molar-refractivity contribution in [1.82, 2.24) is 21.3 Å². The molecule has 0 aromatic carbocycles. The highest BCUT2D eigenvalue weighted by Crippen LogP contribution is 2.08. The van der Waals surface area contributed by atoms with E-state index in [9.17, 15) is 34.2 Å². The smallest absolute Gasteiger partial charge is 0.326 e. The van der Waals surface area contributed by atoms with E-state index in [0.717, 1.165) is 6.42 Å². The van der Waals surface area contributed by atoms with Crippen LogP contribution in [0.2, 0.25) is 0 Å². The minimum atomic E-state index is -1.50. The summed E-state index contributed by atoms with van der Waals surface area (Å²) in [5.74, 6) is -4.11. The molecule has 13 heteroatoms. The molecule has 32 heavy (non-hydrogen) atoms. The third-order valence-corrected chi connectivity index (χ3v) is 5.59. The predicted molar refractivity (Wildman–Crippen MR) is 116 cm³/mol. The van der Waals surface area contributed by atoms with Gasteiger partial charge in [-0.25, -0.2) is 4.79 Å². The summed E-state index contributed by atoms with van der Waals surface area (Å²) in [5.41, 5.74) is 0. The van der Waals surface area contributed by atoms with Gasteiger partial charge in [-0.1, -0.05) is 0 Å². The first-order valence-corrected chi connectivity index (χ1v) is 11.7. The maximum absolute atomic E-state index is 12.8. The minimum absolute atomic E-state index is 0.288. The van der Waals surface area contributed by atoms with E-state index in [0.29, 0.717) is 18.7 Å². The van der Waals surface area contributed by atoms with Crippen LogP contribution >= 0.6 is 11.8 Å². The number of aliphatic hydroxyl groups excluding tert-OH is 1. The lowest BCUT2D eigenvalue weighted by Gasteiger charge is -2.26. The molecule has 0 aliphatic carbocycles. The standard InChI is InChI=1S/C19H32N4O8S/c1-10(24)15(18(29)22-13(19(30)31)5-6-14(25)26)23-17(28)12(7-9-32-2)21-16(27)11-4-3-8-20-11/h10-13,15,20,24H,3-9H2,1-2H3,(H,21,27)(H,22,29)(H,23,28)(H,25,26)(H,30,31).